The molecule has 3 rings (SSSR count). The molecule has 2 heterocycles. The second kappa shape index (κ2) is 7.49. The van der Waals surface area contributed by atoms with Gasteiger partial charge in [-0.3, -0.25) is 9.88 Å². The van der Waals surface area contributed by atoms with Gasteiger partial charge in [-0.25, -0.2) is 0 Å². The zero-order valence-electron chi connectivity index (χ0n) is 13.0. The lowest BCUT2D eigenvalue weighted by atomic mass is 10.0. The number of ether oxygens (including phenoxy) is 1. The van der Waals surface area contributed by atoms with E-state index in [2.05, 4.69) is 45.5 Å². The highest BCUT2D eigenvalue weighted by atomic mass is 16.5. The summed E-state index contributed by atoms with van der Waals surface area (Å²) in [6, 6.07) is 13.2. The quantitative estimate of drug-likeness (QED) is 0.919. The summed E-state index contributed by atoms with van der Waals surface area (Å²) in [5, 5.41) is 3.49. The SMILES string of the molecule is COCc1cccc(CN2CCNCC2c2cccnc2)c1. The van der Waals surface area contributed by atoms with Gasteiger partial charge in [-0.1, -0.05) is 30.3 Å². The van der Waals surface area contributed by atoms with E-state index in [4.69, 9.17) is 4.74 Å². The highest BCUT2D eigenvalue weighted by Gasteiger charge is 2.23. The number of pyridine rings is 1. The van der Waals surface area contributed by atoms with Crippen LogP contribution < -0.4 is 5.32 Å². The molecule has 0 radical (unpaired) electrons. The van der Waals surface area contributed by atoms with Crippen LogP contribution in [-0.4, -0.2) is 36.6 Å². The van der Waals surface area contributed by atoms with E-state index in [1.54, 1.807) is 7.11 Å². The summed E-state index contributed by atoms with van der Waals surface area (Å²) in [6.45, 7) is 4.69. The fraction of sp³-hybridized carbons (Fsp3) is 0.389. The van der Waals surface area contributed by atoms with Crippen molar-refractivity contribution in [3.63, 3.8) is 0 Å². The first-order chi connectivity index (χ1) is 10.9. The van der Waals surface area contributed by atoms with Crippen molar-refractivity contribution in [2.45, 2.75) is 19.2 Å². The molecule has 116 valence electrons. The summed E-state index contributed by atoms with van der Waals surface area (Å²) in [4.78, 5) is 6.80. The maximum Gasteiger partial charge on any atom is 0.0713 e. The third kappa shape index (κ3) is 3.71. The van der Waals surface area contributed by atoms with Crippen molar-refractivity contribution in [3.8, 4) is 0 Å². The molecule has 1 aromatic heterocycles. The predicted molar refractivity (Wildman–Crippen MR) is 87.4 cm³/mol. The molecule has 0 spiro atoms. The van der Waals surface area contributed by atoms with E-state index in [1.165, 1.54) is 16.7 Å². The lowest BCUT2D eigenvalue weighted by Crippen LogP contribution is -2.45. The number of methoxy groups -OCH3 is 1. The van der Waals surface area contributed by atoms with E-state index in [0.717, 1.165) is 26.2 Å². The summed E-state index contributed by atoms with van der Waals surface area (Å²) < 4.78 is 5.23. The number of piperazine rings is 1. The van der Waals surface area contributed by atoms with E-state index in [1.807, 2.05) is 18.5 Å². The van der Waals surface area contributed by atoms with Gasteiger partial charge in [0.1, 0.15) is 0 Å². The average Bonchev–Trinajstić information content (AvgIpc) is 2.57. The Morgan fingerprint density at radius 1 is 1.27 bits per heavy atom. The van der Waals surface area contributed by atoms with Crippen LogP contribution in [0.2, 0.25) is 0 Å². The summed E-state index contributed by atoms with van der Waals surface area (Å²) in [7, 11) is 1.74. The first-order valence-electron chi connectivity index (χ1n) is 7.78. The fourth-order valence-corrected chi connectivity index (χ4v) is 3.06. The molecular formula is C18H23N3O. The standard InChI is InChI=1S/C18H23N3O/c1-22-14-16-5-2-4-15(10-16)13-21-9-8-20-12-18(21)17-6-3-7-19-11-17/h2-7,10-11,18,20H,8-9,12-14H2,1H3. The molecule has 1 aliphatic heterocycles. The lowest BCUT2D eigenvalue weighted by molar-refractivity contribution is 0.153. The molecule has 4 nitrogen and oxygen atoms in total. The van der Waals surface area contributed by atoms with Crippen molar-refractivity contribution in [1.82, 2.24) is 15.2 Å². The van der Waals surface area contributed by atoms with Gasteiger partial charge in [-0.15, -0.1) is 0 Å². The van der Waals surface area contributed by atoms with Crippen LogP contribution in [0.5, 0.6) is 0 Å². The van der Waals surface area contributed by atoms with Crippen LogP contribution in [0, 0.1) is 0 Å². The van der Waals surface area contributed by atoms with Crippen molar-refractivity contribution in [2.75, 3.05) is 26.7 Å². The smallest absolute Gasteiger partial charge is 0.0713 e. The van der Waals surface area contributed by atoms with Crippen LogP contribution in [0.1, 0.15) is 22.7 Å². The Kier molecular flexibility index (Phi) is 5.16. The molecule has 4 heteroatoms. The number of aromatic nitrogens is 1. The molecule has 2 aromatic rings. The molecule has 1 unspecified atom stereocenters. The van der Waals surface area contributed by atoms with Gasteiger partial charge < -0.3 is 10.1 Å². The van der Waals surface area contributed by atoms with Gasteiger partial charge in [0.2, 0.25) is 0 Å². The summed E-state index contributed by atoms with van der Waals surface area (Å²) >= 11 is 0. The Hall–Kier alpha value is -1.75. The van der Waals surface area contributed by atoms with Gasteiger partial charge in [-0.05, 0) is 22.8 Å². The number of nitrogens with zero attached hydrogens (tertiary/aromatic N) is 2. The summed E-state index contributed by atoms with van der Waals surface area (Å²) in [6.07, 6.45) is 3.81. The normalized spacial score (nSPS) is 19.2. The van der Waals surface area contributed by atoms with Crippen molar-refractivity contribution in [3.05, 3.63) is 65.5 Å². The van der Waals surface area contributed by atoms with Crippen molar-refractivity contribution in [1.29, 1.82) is 0 Å². The van der Waals surface area contributed by atoms with Gasteiger partial charge >= 0.3 is 0 Å². The average molecular weight is 297 g/mol. The van der Waals surface area contributed by atoms with Crippen LogP contribution >= 0.6 is 0 Å². The molecule has 1 saturated heterocycles. The monoisotopic (exact) mass is 297 g/mol. The molecule has 0 amide bonds. The molecule has 0 bridgehead atoms. The minimum atomic E-state index is 0.383. The van der Waals surface area contributed by atoms with Gasteiger partial charge in [0.25, 0.3) is 0 Å². The van der Waals surface area contributed by atoms with Gasteiger partial charge in [0.05, 0.1) is 6.61 Å². The van der Waals surface area contributed by atoms with Crippen molar-refractivity contribution >= 4 is 0 Å². The first kappa shape index (κ1) is 15.2. The molecular weight excluding hydrogens is 274 g/mol. The fourth-order valence-electron chi connectivity index (χ4n) is 3.06. The first-order valence-corrected chi connectivity index (χ1v) is 7.78. The van der Waals surface area contributed by atoms with Crippen LogP contribution in [0.3, 0.4) is 0 Å². The summed E-state index contributed by atoms with van der Waals surface area (Å²) in [5.41, 5.74) is 3.85. The van der Waals surface area contributed by atoms with Gasteiger partial charge in [0.15, 0.2) is 0 Å². The van der Waals surface area contributed by atoms with Crippen LogP contribution in [0.25, 0.3) is 0 Å². The van der Waals surface area contributed by atoms with Crippen LogP contribution in [0.4, 0.5) is 0 Å². The minimum Gasteiger partial charge on any atom is -0.380 e. The Labute approximate surface area is 132 Å². The van der Waals surface area contributed by atoms with Crippen molar-refractivity contribution in [2.24, 2.45) is 0 Å². The third-order valence-corrected chi connectivity index (χ3v) is 4.11. The topological polar surface area (TPSA) is 37.4 Å². The molecule has 0 saturated carbocycles. The summed E-state index contributed by atoms with van der Waals surface area (Å²) in [5.74, 6) is 0. The van der Waals surface area contributed by atoms with Gasteiger partial charge in [0, 0.05) is 51.7 Å². The van der Waals surface area contributed by atoms with Crippen LogP contribution in [-0.2, 0) is 17.9 Å². The Morgan fingerprint density at radius 3 is 3.00 bits per heavy atom. The van der Waals surface area contributed by atoms with E-state index >= 15 is 0 Å². The highest BCUT2D eigenvalue weighted by Crippen LogP contribution is 2.23. The Morgan fingerprint density at radius 2 is 2.18 bits per heavy atom. The number of nitrogens with one attached hydrogen (secondary N) is 1. The Bertz CT molecular complexity index is 588. The number of hydrogen-bond donors (Lipinski definition) is 1. The molecule has 22 heavy (non-hydrogen) atoms. The Balaban J connectivity index is 1.75. The maximum absolute atomic E-state index is 5.23. The maximum atomic E-state index is 5.23. The second-order valence-electron chi connectivity index (χ2n) is 5.73. The van der Waals surface area contributed by atoms with Crippen LogP contribution in [0.15, 0.2) is 48.8 Å². The van der Waals surface area contributed by atoms with E-state index < -0.39 is 0 Å². The molecule has 1 N–H and O–H groups in total. The van der Waals surface area contributed by atoms with Crippen molar-refractivity contribution < 1.29 is 4.74 Å². The zero-order valence-corrected chi connectivity index (χ0v) is 13.0. The zero-order chi connectivity index (χ0) is 15.2. The van der Waals surface area contributed by atoms with E-state index in [9.17, 15) is 0 Å². The minimum absolute atomic E-state index is 0.383. The number of rotatable bonds is 5. The molecule has 1 aliphatic rings. The molecule has 1 fully saturated rings. The molecule has 1 atom stereocenters. The largest absolute Gasteiger partial charge is 0.380 e. The number of hydrogen-bond acceptors (Lipinski definition) is 4. The van der Waals surface area contributed by atoms with E-state index in [0.29, 0.717) is 12.6 Å². The van der Waals surface area contributed by atoms with E-state index in [-0.39, 0.29) is 0 Å². The third-order valence-electron chi connectivity index (χ3n) is 4.11. The predicted octanol–water partition coefficient (Wildman–Crippen LogP) is 2.37. The molecule has 0 aliphatic carbocycles. The molecule has 1 aromatic carbocycles. The second-order valence-corrected chi connectivity index (χ2v) is 5.73. The number of benzene rings is 1. The van der Waals surface area contributed by atoms with Gasteiger partial charge in [-0.2, -0.15) is 0 Å². The lowest BCUT2D eigenvalue weighted by Gasteiger charge is -2.36. The highest BCUT2D eigenvalue weighted by molar-refractivity contribution is 5.24.